The van der Waals surface area contributed by atoms with Crippen LogP contribution in [-0.4, -0.2) is 39.2 Å². The molecule has 0 spiro atoms. The van der Waals surface area contributed by atoms with E-state index in [1.165, 1.54) is 12.1 Å². The molecule has 0 atom stereocenters. The van der Waals surface area contributed by atoms with Crippen LogP contribution in [-0.2, 0) is 12.1 Å². The number of likely N-dealkylation sites (tertiary alicyclic amines) is 1. The molecule has 1 aromatic heterocycles. The van der Waals surface area contributed by atoms with Crippen molar-refractivity contribution in [3.05, 3.63) is 65.2 Å². The second-order valence-electron chi connectivity index (χ2n) is 6.12. The Labute approximate surface area is 139 Å². The van der Waals surface area contributed by atoms with Crippen LogP contribution in [0.15, 0.2) is 42.6 Å². The van der Waals surface area contributed by atoms with Crippen molar-refractivity contribution >= 4 is 5.97 Å². The number of halogens is 1. The van der Waals surface area contributed by atoms with Crippen LogP contribution in [0.2, 0.25) is 0 Å². The molecule has 2 aromatic rings. The van der Waals surface area contributed by atoms with Crippen molar-refractivity contribution in [2.75, 3.05) is 13.1 Å². The molecule has 1 aliphatic rings. The van der Waals surface area contributed by atoms with Gasteiger partial charge in [-0.15, -0.1) is 0 Å². The smallest absolute Gasteiger partial charge is 0.337 e. The van der Waals surface area contributed by atoms with Gasteiger partial charge in [-0.2, -0.15) is 0 Å². The van der Waals surface area contributed by atoms with Crippen LogP contribution >= 0.6 is 0 Å². The quantitative estimate of drug-likeness (QED) is 0.900. The highest BCUT2D eigenvalue weighted by Crippen LogP contribution is 2.33. The number of piperidine rings is 1. The van der Waals surface area contributed by atoms with Gasteiger partial charge >= 0.3 is 5.97 Å². The number of aromatic carboxylic acids is 1. The fraction of sp³-hybridized carbons (Fsp3) is 0.333. The Morgan fingerprint density at radius 3 is 2.50 bits per heavy atom. The number of aromatic nitrogens is 1. The Kier molecular flexibility index (Phi) is 4.59. The molecule has 6 heteroatoms. The molecule has 1 aromatic carbocycles. The second kappa shape index (κ2) is 6.67. The zero-order valence-corrected chi connectivity index (χ0v) is 13.2. The van der Waals surface area contributed by atoms with Gasteiger partial charge in [-0.1, -0.05) is 12.1 Å². The first kappa shape index (κ1) is 16.5. The average Bonchev–Trinajstić information content (AvgIpc) is 2.58. The number of benzene rings is 1. The minimum Gasteiger partial charge on any atom is -0.478 e. The van der Waals surface area contributed by atoms with E-state index in [-0.39, 0.29) is 11.4 Å². The molecular formula is C18H19FN2O3. The molecule has 1 saturated heterocycles. The fourth-order valence-corrected chi connectivity index (χ4v) is 3.10. The van der Waals surface area contributed by atoms with E-state index in [0.29, 0.717) is 43.7 Å². The lowest BCUT2D eigenvalue weighted by Gasteiger charge is -2.38. The highest BCUT2D eigenvalue weighted by atomic mass is 19.1. The summed E-state index contributed by atoms with van der Waals surface area (Å²) >= 11 is 0. The van der Waals surface area contributed by atoms with Gasteiger partial charge in [0, 0.05) is 25.8 Å². The SMILES string of the molecule is O=C(O)c1cccnc1CN1CCC(O)(c2ccc(F)cc2)CC1. The average molecular weight is 330 g/mol. The van der Waals surface area contributed by atoms with Crippen molar-refractivity contribution < 1.29 is 19.4 Å². The lowest BCUT2D eigenvalue weighted by molar-refractivity contribution is -0.0281. The Morgan fingerprint density at radius 1 is 1.21 bits per heavy atom. The highest BCUT2D eigenvalue weighted by Gasteiger charge is 2.34. The van der Waals surface area contributed by atoms with Gasteiger partial charge in [0.2, 0.25) is 0 Å². The molecule has 0 bridgehead atoms. The van der Waals surface area contributed by atoms with Crippen molar-refractivity contribution in [2.24, 2.45) is 0 Å². The van der Waals surface area contributed by atoms with Gasteiger partial charge in [0.05, 0.1) is 16.9 Å². The molecule has 126 valence electrons. The van der Waals surface area contributed by atoms with Crippen LogP contribution in [0.4, 0.5) is 4.39 Å². The molecule has 1 fully saturated rings. The molecule has 24 heavy (non-hydrogen) atoms. The Morgan fingerprint density at radius 2 is 1.88 bits per heavy atom. The van der Waals surface area contributed by atoms with Gasteiger partial charge in [-0.25, -0.2) is 9.18 Å². The molecule has 3 rings (SSSR count). The summed E-state index contributed by atoms with van der Waals surface area (Å²) in [6.45, 7) is 1.66. The standard InChI is InChI=1S/C18H19FN2O3/c19-14-5-3-13(4-6-14)18(24)7-10-21(11-8-18)12-16-15(17(22)23)2-1-9-20-16/h1-6,9,24H,7-8,10-12H2,(H,22,23). The summed E-state index contributed by atoms with van der Waals surface area (Å²) in [4.78, 5) is 17.5. The number of carbonyl (C=O) groups is 1. The van der Waals surface area contributed by atoms with E-state index in [1.807, 2.05) is 0 Å². The minimum atomic E-state index is -0.988. The van der Waals surface area contributed by atoms with Gasteiger partial charge < -0.3 is 10.2 Å². The zero-order valence-electron chi connectivity index (χ0n) is 13.2. The molecule has 0 saturated carbocycles. The van der Waals surface area contributed by atoms with Gasteiger partial charge in [0.25, 0.3) is 0 Å². The first-order chi connectivity index (χ1) is 11.5. The summed E-state index contributed by atoms with van der Waals surface area (Å²) < 4.78 is 13.0. The van der Waals surface area contributed by atoms with E-state index in [9.17, 15) is 19.4 Å². The maximum absolute atomic E-state index is 13.0. The van der Waals surface area contributed by atoms with Crippen molar-refractivity contribution in [1.82, 2.24) is 9.88 Å². The lowest BCUT2D eigenvalue weighted by Crippen LogP contribution is -2.42. The van der Waals surface area contributed by atoms with E-state index < -0.39 is 11.6 Å². The topological polar surface area (TPSA) is 73.7 Å². The predicted molar refractivity (Wildman–Crippen MR) is 86.0 cm³/mol. The molecule has 0 unspecified atom stereocenters. The van der Waals surface area contributed by atoms with Crippen molar-refractivity contribution in [3.63, 3.8) is 0 Å². The van der Waals surface area contributed by atoms with Gasteiger partial charge in [0.1, 0.15) is 5.82 Å². The maximum atomic E-state index is 13.0. The Hall–Kier alpha value is -2.31. The molecule has 2 heterocycles. The summed E-state index contributed by atoms with van der Waals surface area (Å²) in [6.07, 6.45) is 2.60. The summed E-state index contributed by atoms with van der Waals surface area (Å²) in [5.74, 6) is -1.31. The number of hydrogen-bond donors (Lipinski definition) is 2. The van der Waals surface area contributed by atoms with E-state index in [0.717, 1.165) is 0 Å². The van der Waals surface area contributed by atoms with Crippen LogP contribution in [0.3, 0.4) is 0 Å². The zero-order chi connectivity index (χ0) is 17.2. The number of carboxylic acids is 1. The predicted octanol–water partition coefficient (Wildman–Crippen LogP) is 2.40. The molecule has 0 aliphatic carbocycles. The molecule has 5 nitrogen and oxygen atoms in total. The van der Waals surface area contributed by atoms with Crippen molar-refractivity contribution in [1.29, 1.82) is 0 Å². The summed E-state index contributed by atoms with van der Waals surface area (Å²) in [6, 6.07) is 9.10. The number of nitrogens with zero attached hydrogens (tertiary/aromatic N) is 2. The summed E-state index contributed by atoms with van der Waals surface area (Å²) in [7, 11) is 0. The molecule has 2 N–H and O–H groups in total. The number of hydrogen-bond acceptors (Lipinski definition) is 4. The van der Waals surface area contributed by atoms with Gasteiger partial charge in [-0.3, -0.25) is 9.88 Å². The minimum absolute atomic E-state index is 0.205. The third-order valence-corrected chi connectivity index (χ3v) is 4.56. The van der Waals surface area contributed by atoms with Crippen LogP contribution in [0, 0.1) is 5.82 Å². The normalized spacial score (nSPS) is 17.6. The third kappa shape index (κ3) is 3.44. The maximum Gasteiger partial charge on any atom is 0.337 e. The highest BCUT2D eigenvalue weighted by molar-refractivity contribution is 5.88. The Bertz CT molecular complexity index is 725. The summed E-state index contributed by atoms with van der Waals surface area (Å²) in [5, 5.41) is 20.0. The fourth-order valence-electron chi connectivity index (χ4n) is 3.10. The van der Waals surface area contributed by atoms with Crippen LogP contribution in [0.5, 0.6) is 0 Å². The third-order valence-electron chi connectivity index (χ3n) is 4.56. The van der Waals surface area contributed by atoms with E-state index >= 15 is 0 Å². The van der Waals surface area contributed by atoms with Crippen molar-refractivity contribution in [3.8, 4) is 0 Å². The number of pyridine rings is 1. The first-order valence-corrected chi connectivity index (χ1v) is 7.86. The monoisotopic (exact) mass is 330 g/mol. The van der Waals surface area contributed by atoms with Crippen LogP contribution < -0.4 is 0 Å². The van der Waals surface area contributed by atoms with E-state index in [4.69, 9.17) is 0 Å². The molecule has 0 radical (unpaired) electrons. The molecular weight excluding hydrogens is 311 g/mol. The molecule has 0 amide bonds. The molecule has 1 aliphatic heterocycles. The number of rotatable bonds is 4. The first-order valence-electron chi connectivity index (χ1n) is 7.86. The van der Waals surface area contributed by atoms with Crippen molar-refractivity contribution in [2.45, 2.75) is 25.0 Å². The number of carboxylic acid groups (broad SMARTS) is 1. The van der Waals surface area contributed by atoms with Crippen LogP contribution in [0.25, 0.3) is 0 Å². The lowest BCUT2D eigenvalue weighted by atomic mass is 9.84. The number of aliphatic hydroxyl groups is 1. The van der Waals surface area contributed by atoms with E-state index in [1.54, 1.807) is 30.5 Å². The largest absolute Gasteiger partial charge is 0.478 e. The second-order valence-corrected chi connectivity index (χ2v) is 6.12. The summed E-state index contributed by atoms with van der Waals surface area (Å²) in [5.41, 5.74) is 0.478. The Balaban J connectivity index is 1.67. The van der Waals surface area contributed by atoms with Crippen LogP contribution in [0.1, 0.15) is 34.5 Å². The van der Waals surface area contributed by atoms with Gasteiger partial charge in [-0.05, 0) is 42.7 Å². The van der Waals surface area contributed by atoms with E-state index in [2.05, 4.69) is 9.88 Å². The van der Waals surface area contributed by atoms with Gasteiger partial charge in [0.15, 0.2) is 0 Å².